The van der Waals surface area contributed by atoms with Gasteiger partial charge in [-0.2, -0.15) is 5.10 Å². The molecule has 0 bridgehead atoms. The molecular weight excluding hydrogens is 218 g/mol. The summed E-state index contributed by atoms with van der Waals surface area (Å²) >= 11 is 0. The lowest BCUT2D eigenvalue weighted by Gasteiger charge is -2.25. The van der Waals surface area contributed by atoms with E-state index in [0.717, 1.165) is 5.69 Å². The van der Waals surface area contributed by atoms with Gasteiger partial charge in [-0.3, -0.25) is 9.89 Å². The summed E-state index contributed by atoms with van der Waals surface area (Å²) in [7, 11) is 0. The number of H-pyrrole nitrogens is 1. The van der Waals surface area contributed by atoms with Gasteiger partial charge in [-0.15, -0.1) is 0 Å². The second-order valence-corrected chi connectivity index (χ2v) is 5.13. The van der Waals surface area contributed by atoms with E-state index in [1.807, 2.05) is 13.8 Å². The van der Waals surface area contributed by atoms with Gasteiger partial charge in [0.05, 0.1) is 12.0 Å². The number of amides is 1. The first-order chi connectivity index (χ1) is 7.89. The third-order valence-corrected chi connectivity index (χ3v) is 2.42. The quantitative estimate of drug-likeness (QED) is 0.689. The van der Waals surface area contributed by atoms with Crippen molar-refractivity contribution in [2.45, 2.75) is 39.2 Å². The third-order valence-electron chi connectivity index (χ3n) is 2.42. The SMILES string of the molecule is CC(C)CC(C)(O)CNC(=O)Cc1ccn[nH]1. The van der Waals surface area contributed by atoms with E-state index in [-0.39, 0.29) is 18.9 Å². The molecule has 1 aromatic rings. The first kappa shape index (κ1) is 13.7. The van der Waals surface area contributed by atoms with Crippen LogP contribution in [0.5, 0.6) is 0 Å². The van der Waals surface area contributed by atoms with Gasteiger partial charge in [-0.25, -0.2) is 0 Å². The zero-order valence-electron chi connectivity index (χ0n) is 10.7. The molecule has 1 aromatic heterocycles. The summed E-state index contributed by atoms with van der Waals surface area (Å²) in [5.41, 5.74) is -0.0799. The van der Waals surface area contributed by atoms with Gasteiger partial charge in [-0.1, -0.05) is 13.8 Å². The van der Waals surface area contributed by atoms with Crippen LogP contribution in [0.15, 0.2) is 12.3 Å². The van der Waals surface area contributed by atoms with Crippen molar-refractivity contribution in [3.05, 3.63) is 18.0 Å². The number of nitrogens with one attached hydrogen (secondary N) is 2. The second kappa shape index (κ2) is 5.82. The summed E-state index contributed by atoms with van der Waals surface area (Å²) in [6.45, 7) is 6.10. The smallest absolute Gasteiger partial charge is 0.226 e. The Morgan fingerprint density at radius 3 is 2.88 bits per heavy atom. The zero-order chi connectivity index (χ0) is 12.9. The van der Waals surface area contributed by atoms with Crippen molar-refractivity contribution < 1.29 is 9.90 Å². The van der Waals surface area contributed by atoms with Crippen LogP contribution in [0.4, 0.5) is 0 Å². The van der Waals surface area contributed by atoms with Gasteiger partial charge >= 0.3 is 0 Å². The number of hydrogen-bond acceptors (Lipinski definition) is 3. The maximum atomic E-state index is 11.6. The normalized spacial score (nSPS) is 14.6. The Morgan fingerprint density at radius 2 is 2.35 bits per heavy atom. The van der Waals surface area contributed by atoms with Gasteiger partial charge in [0.15, 0.2) is 0 Å². The Hall–Kier alpha value is -1.36. The topological polar surface area (TPSA) is 78.0 Å². The number of rotatable bonds is 6. The van der Waals surface area contributed by atoms with Crippen LogP contribution in [-0.2, 0) is 11.2 Å². The molecule has 5 heteroatoms. The molecule has 0 saturated carbocycles. The monoisotopic (exact) mass is 239 g/mol. The molecular formula is C12H21N3O2. The van der Waals surface area contributed by atoms with Gasteiger partial charge in [0.25, 0.3) is 0 Å². The highest BCUT2D eigenvalue weighted by Gasteiger charge is 2.22. The number of carbonyl (C=O) groups is 1. The number of nitrogens with zero attached hydrogens (tertiary/aromatic N) is 1. The molecule has 5 nitrogen and oxygen atoms in total. The summed E-state index contributed by atoms with van der Waals surface area (Å²) in [5, 5.41) is 19.2. The predicted octanol–water partition coefficient (Wildman–Crippen LogP) is 0.865. The molecule has 17 heavy (non-hydrogen) atoms. The maximum absolute atomic E-state index is 11.6. The molecule has 1 rings (SSSR count). The van der Waals surface area contributed by atoms with Gasteiger partial charge in [0.1, 0.15) is 0 Å². The first-order valence-corrected chi connectivity index (χ1v) is 5.86. The minimum absolute atomic E-state index is 0.113. The molecule has 1 unspecified atom stereocenters. The van der Waals surface area contributed by atoms with E-state index >= 15 is 0 Å². The molecule has 0 aromatic carbocycles. The Bertz CT molecular complexity index is 345. The van der Waals surface area contributed by atoms with Crippen LogP contribution in [0.3, 0.4) is 0 Å². The van der Waals surface area contributed by atoms with Crippen LogP contribution in [0.2, 0.25) is 0 Å². The number of aliphatic hydroxyl groups is 1. The highest BCUT2D eigenvalue weighted by atomic mass is 16.3. The summed E-state index contributed by atoms with van der Waals surface area (Å²) < 4.78 is 0. The minimum atomic E-state index is -0.849. The highest BCUT2D eigenvalue weighted by Crippen LogP contribution is 2.14. The molecule has 0 radical (unpaired) electrons. The van der Waals surface area contributed by atoms with Crippen molar-refractivity contribution in [3.63, 3.8) is 0 Å². The van der Waals surface area contributed by atoms with Crippen molar-refractivity contribution >= 4 is 5.91 Å². The predicted molar refractivity (Wildman–Crippen MR) is 65.4 cm³/mol. The number of hydrogen-bond donors (Lipinski definition) is 3. The van der Waals surface area contributed by atoms with Gasteiger partial charge in [0.2, 0.25) is 5.91 Å². The lowest BCUT2D eigenvalue weighted by Crippen LogP contribution is -2.42. The molecule has 3 N–H and O–H groups in total. The fraction of sp³-hybridized carbons (Fsp3) is 0.667. The van der Waals surface area contributed by atoms with Crippen LogP contribution >= 0.6 is 0 Å². The van der Waals surface area contributed by atoms with Crippen molar-refractivity contribution in [3.8, 4) is 0 Å². The Labute approximate surface area is 102 Å². The summed E-state index contributed by atoms with van der Waals surface area (Å²) in [4.78, 5) is 11.6. The molecule has 0 spiro atoms. The van der Waals surface area contributed by atoms with E-state index in [0.29, 0.717) is 12.3 Å². The van der Waals surface area contributed by atoms with Gasteiger partial charge in [-0.05, 0) is 25.3 Å². The lowest BCUT2D eigenvalue weighted by molar-refractivity contribution is -0.121. The molecule has 1 amide bonds. The number of aromatic amines is 1. The van der Waals surface area contributed by atoms with Crippen LogP contribution in [-0.4, -0.2) is 33.4 Å². The standard InChI is InChI=1S/C12H21N3O2/c1-9(2)7-12(3,17)8-13-11(16)6-10-4-5-14-15-10/h4-5,9,17H,6-8H2,1-3H3,(H,13,16)(H,14,15). The van der Waals surface area contributed by atoms with Crippen LogP contribution < -0.4 is 5.32 Å². The van der Waals surface area contributed by atoms with E-state index in [4.69, 9.17) is 0 Å². The van der Waals surface area contributed by atoms with Crippen molar-refractivity contribution in [1.29, 1.82) is 0 Å². The fourth-order valence-electron chi connectivity index (χ4n) is 1.86. The molecule has 0 fully saturated rings. The van der Waals surface area contributed by atoms with Crippen molar-refractivity contribution in [2.24, 2.45) is 5.92 Å². The average Bonchev–Trinajstić information content (AvgIpc) is 2.65. The maximum Gasteiger partial charge on any atom is 0.226 e. The molecule has 0 aliphatic carbocycles. The minimum Gasteiger partial charge on any atom is -0.388 e. The fourth-order valence-corrected chi connectivity index (χ4v) is 1.86. The summed E-state index contributed by atoms with van der Waals surface area (Å²) in [6.07, 6.45) is 2.53. The number of carbonyl (C=O) groups excluding carboxylic acids is 1. The number of aromatic nitrogens is 2. The third kappa shape index (κ3) is 5.49. The van der Waals surface area contributed by atoms with Gasteiger partial charge < -0.3 is 10.4 Å². The van der Waals surface area contributed by atoms with Crippen LogP contribution in [0.25, 0.3) is 0 Å². The largest absolute Gasteiger partial charge is 0.388 e. The van der Waals surface area contributed by atoms with E-state index in [1.165, 1.54) is 0 Å². The van der Waals surface area contributed by atoms with Crippen molar-refractivity contribution in [1.82, 2.24) is 15.5 Å². The van der Waals surface area contributed by atoms with Crippen LogP contribution in [0, 0.1) is 5.92 Å². The molecule has 0 saturated heterocycles. The summed E-state index contributed by atoms with van der Waals surface area (Å²) in [6, 6.07) is 1.76. The molecule has 1 atom stereocenters. The molecule has 0 aliphatic rings. The Morgan fingerprint density at radius 1 is 1.65 bits per heavy atom. The molecule has 0 aliphatic heterocycles. The summed E-state index contributed by atoms with van der Waals surface area (Å²) in [5.74, 6) is 0.285. The molecule has 96 valence electrons. The van der Waals surface area contributed by atoms with Crippen LogP contribution in [0.1, 0.15) is 32.9 Å². The van der Waals surface area contributed by atoms with Crippen molar-refractivity contribution in [2.75, 3.05) is 6.54 Å². The first-order valence-electron chi connectivity index (χ1n) is 5.86. The Kier molecular flexibility index (Phi) is 4.69. The average molecular weight is 239 g/mol. The van der Waals surface area contributed by atoms with E-state index in [9.17, 15) is 9.90 Å². The van der Waals surface area contributed by atoms with Gasteiger partial charge in [0, 0.05) is 18.4 Å². The Balaban J connectivity index is 2.32. The molecule has 1 heterocycles. The zero-order valence-corrected chi connectivity index (χ0v) is 10.7. The highest BCUT2D eigenvalue weighted by molar-refractivity contribution is 5.78. The van der Waals surface area contributed by atoms with E-state index < -0.39 is 5.60 Å². The lowest BCUT2D eigenvalue weighted by atomic mass is 9.94. The van der Waals surface area contributed by atoms with E-state index in [2.05, 4.69) is 15.5 Å². The van der Waals surface area contributed by atoms with E-state index in [1.54, 1.807) is 19.2 Å². The second-order valence-electron chi connectivity index (χ2n) is 5.13.